The Bertz CT molecular complexity index is 835. The molecule has 1 aliphatic heterocycles. The Kier molecular flexibility index (Phi) is 5.71. The van der Waals surface area contributed by atoms with Crippen LogP contribution in [0.4, 0.5) is 0 Å². The molecule has 2 aliphatic rings. The van der Waals surface area contributed by atoms with E-state index in [9.17, 15) is 9.90 Å². The van der Waals surface area contributed by atoms with E-state index in [1.165, 1.54) is 16.9 Å². The lowest BCUT2D eigenvalue weighted by Crippen LogP contribution is -2.42. The minimum Gasteiger partial charge on any atom is -0.493 e. The second-order valence-corrected chi connectivity index (χ2v) is 8.85. The van der Waals surface area contributed by atoms with Gasteiger partial charge in [0.15, 0.2) is 17.3 Å². The molecule has 1 aromatic carbocycles. The van der Waals surface area contributed by atoms with Crippen LogP contribution in [0.3, 0.4) is 0 Å². The first kappa shape index (κ1) is 19.4. The molecule has 0 amide bonds. The van der Waals surface area contributed by atoms with Crippen molar-refractivity contribution in [2.45, 2.75) is 38.5 Å². The van der Waals surface area contributed by atoms with E-state index in [2.05, 4.69) is 10.3 Å². The first-order valence-electron chi connectivity index (χ1n) is 9.82. The van der Waals surface area contributed by atoms with Gasteiger partial charge in [-0.05, 0) is 60.7 Å². The van der Waals surface area contributed by atoms with Crippen LogP contribution >= 0.6 is 11.3 Å². The summed E-state index contributed by atoms with van der Waals surface area (Å²) in [6.07, 6.45) is 0.950. The Hall–Kier alpha value is -1.89. The van der Waals surface area contributed by atoms with Crippen molar-refractivity contribution < 1.29 is 19.4 Å². The monoisotopic (exact) mass is 401 g/mol. The van der Waals surface area contributed by atoms with Gasteiger partial charge in [0, 0.05) is 19.6 Å². The first-order chi connectivity index (χ1) is 13.5. The van der Waals surface area contributed by atoms with Crippen LogP contribution in [0.2, 0.25) is 0 Å². The number of carbonyl (C=O) groups is 1. The number of fused-ring (bicyclic) bond motifs is 1. The van der Waals surface area contributed by atoms with Crippen molar-refractivity contribution in [1.82, 2.24) is 4.90 Å². The van der Waals surface area contributed by atoms with Crippen molar-refractivity contribution in [3.8, 4) is 11.5 Å². The number of rotatable bonds is 6. The molecule has 2 heterocycles. The molecule has 2 aromatic rings. The fourth-order valence-electron chi connectivity index (χ4n) is 4.52. The number of aliphatic hydroxyl groups is 1. The summed E-state index contributed by atoms with van der Waals surface area (Å²) in [5, 5.41) is 12.7. The molecule has 0 unspecified atom stereocenters. The van der Waals surface area contributed by atoms with Crippen molar-refractivity contribution >= 4 is 17.1 Å². The number of likely N-dealkylation sites (tertiary alicyclic amines) is 1. The van der Waals surface area contributed by atoms with Gasteiger partial charge in [-0.2, -0.15) is 0 Å². The number of aliphatic hydroxyl groups excluding tert-OH is 1. The lowest BCUT2D eigenvalue weighted by molar-refractivity contribution is -0.0240. The fourth-order valence-corrected chi connectivity index (χ4v) is 5.33. The van der Waals surface area contributed by atoms with Gasteiger partial charge >= 0.3 is 0 Å². The maximum Gasteiger partial charge on any atom is 0.169 e. The van der Waals surface area contributed by atoms with Gasteiger partial charge in [0.2, 0.25) is 0 Å². The van der Waals surface area contributed by atoms with E-state index in [1.807, 2.05) is 30.3 Å². The third-order valence-corrected chi connectivity index (χ3v) is 6.99. The lowest BCUT2D eigenvalue weighted by Gasteiger charge is -2.35. The Balaban J connectivity index is 1.38. The van der Waals surface area contributed by atoms with Gasteiger partial charge in [-0.25, -0.2) is 0 Å². The molecular formula is C22H27NO4S. The minimum atomic E-state index is -0.462. The summed E-state index contributed by atoms with van der Waals surface area (Å²) in [5.41, 5.74) is 1.20. The maximum atomic E-state index is 11.5. The summed E-state index contributed by atoms with van der Waals surface area (Å²) in [6, 6.07) is 9.61. The highest BCUT2D eigenvalue weighted by atomic mass is 32.1. The van der Waals surface area contributed by atoms with Crippen LogP contribution in [0.25, 0.3) is 0 Å². The second kappa shape index (κ2) is 8.23. The second-order valence-electron chi connectivity index (χ2n) is 7.94. The SMILES string of the molecule is COc1ccccc1O[C@@H]1C[C@@H]2CN(Cc3csc(C(C)=O)c3)C[C@@H]2C[C@H]1O. The number of methoxy groups -OCH3 is 1. The highest BCUT2D eigenvalue weighted by Gasteiger charge is 2.42. The van der Waals surface area contributed by atoms with Gasteiger partial charge in [-0.3, -0.25) is 9.69 Å². The van der Waals surface area contributed by atoms with E-state index >= 15 is 0 Å². The average molecular weight is 402 g/mol. The minimum absolute atomic E-state index is 0.130. The predicted molar refractivity (Wildman–Crippen MR) is 109 cm³/mol. The molecule has 1 saturated heterocycles. The largest absolute Gasteiger partial charge is 0.493 e. The van der Waals surface area contributed by atoms with E-state index in [1.54, 1.807) is 14.0 Å². The molecule has 2 fully saturated rings. The van der Waals surface area contributed by atoms with Crippen LogP contribution in [-0.2, 0) is 6.54 Å². The number of nitrogens with zero attached hydrogens (tertiary/aromatic N) is 1. The number of ketones is 1. The Morgan fingerprint density at radius 1 is 1.21 bits per heavy atom. The van der Waals surface area contributed by atoms with Gasteiger partial charge in [0.05, 0.1) is 18.1 Å². The number of Topliss-reactive ketones (excluding diaryl/α,β-unsaturated/α-hetero) is 1. The molecule has 0 spiro atoms. The number of hydrogen-bond acceptors (Lipinski definition) is 6. The summed E-state index contributed by atoms with van der Waals surface area (Å²) in [4.78, 5) is 14.8. The highest BCUT2D eigenvalue weighted by molar-refractivity contribution is 7.12. The number of ether oxygens (including phenoxy) is 2. The summed E-state index contributed by atoms with van der Waals surface area (Å²) < 4.78 is 11.5. The number of carbonyl (C=O) groups excluding carboxylic acids is 1. The fraction of sp³-hybridized carbons (Fsp3) is 0.500. The van der Waals surface area contributed by atoms with Crippen LogP contribution in [0, 0.1) is 11.8 Å². The molecule has 1 aliphatic carbocycles. The third kappa shape index (κ3) is 4.09. The first-order valence-corrected chi connectivity index (χ1v) is 10.7. The molecule has 4 rings (SSSR count). The summed E-state index contributed by atoms with van der Waals surface area (Å²) in [5.74, 6) is 2.54. The van der Waals surface area contributed by atoms with E-state index in [4.69, 9.17) is 9.47 Å². The van der Waals surface area contributed by atoms with E-state index < -0.39 is 6.10 Å². The molecular weight excluding hydrogens is 374 g/mol. The van der Waals surface area contributed by atoms with Crippen molar-refractivity contribution in [1.29, 1.82) is 0 Å². The third-order valence-electron chi connectivity index (χ3n) is 5.91. The van der Waals surface area contributed by atoms with Gasteiger partial charge in [0.1, 0.15) is 6.10 Å². The average Bonchev–Trinajstić information content (AvgIpc) is 3.29. The lowest BCUT2D eigenvalue weighted by atomic mass is 9.78. The molecule has 28 heavy (non-hydrogen) atoms. The molecule has 4 atom stereocenters. The number of benzene rings is 1. The molecule has 6 heteroatoms. The maximum absolute atomic E-state index is 11.5. The van der Waals surface area contributed by atoms with Gasteiger partial charge in [0.25, 0.3) is 0 Å². The number of hydrogen-bond donors (Lipinski definition) is 1. The van der Waals surface area contributed by atoms with Crippen LogP contribution in [0.15, 0.2) is 35.7 Å². The number of para-hydroxylation sites is 2. The van der Waals surface area contributed by atoms with E-state index in [-0.39, 0.29) is 11.9 Å². The Morgan fingerprint density at radius 2 is 1.93 bits per heavy atom. The van der Waals surface area contributed by atoms with Crippen LogP contribution in [0.1, 0.15) is 35.0 Å². The van der Waals surface area contributed by atoms with Crippen molar-refractivity contribution in [2.75, 3.05) is 20.2 Å². The summed E-state index contributed by atoms with van der Waals surface area (Å²) in [7, 11) is 1.63. The van der Waals surface area contributed by atoms with Crippen molar-refractivity contribution in [3.05, 3.63) is 46.2 Å². The van der Waals surface area contributed by atoms with Gasteiger partial charge in [-0.1, -0.05) is 12.1 Å². The van der Waals surface area contributed by atoms with Crippen LogP contribution < -0.4 is 9.47 Å². The van der Waals surface area contributed by atoms with Crippen molar-refractivity contribution in [2.24, 2.45) is 11.8 Å². The smallest absolute Gasteiger partial charge is 0.169 e. The van der Waals surface area contributed by atoms with Gasteiger partial charge in [-0.15, -0.1) is 11.3 Å². The zero-order valence-corrected chi connectivity index (χ0v) is 17.2. The molecule has 5 nitrogen and oxygen atoms in total. The predicted octanol–water partition coefficient (Wildman–Crippen LogP) is 3.61. The van der Waals surface area contributed by atoms with Crippen molar-refractivity contribution in [3.63, 3.8) is 0 Å². The van der Waals surface area contributed by atoms with E-state index in [0.29, 0.717) is 23.3 Å². The van der Waals surface area contributed by atoms with E-state index in [0.717, 1.165) is 37.4 Å². The number of thiophene rings is 1. The van der Waals surface area contributed by atoms with Crippen LogP contribution in [0.5, 0.6) is 11.5 Å². The zero-order valence-electron chi connectivity index (χ0n) is 16.3. The molecule has 0 bridgehead atoms. The normalized spacial score (nSPS) is 27.4. The zero-order chi connectivity index (χ0) is 19.7. The summed E-state index contributed by atoms with van der Waals surface area (Å²) >= 11 is 1.52. The van der Waals surface area contributed by atoms with Crippen LogP contribution in [-0.4, -0.2) is 48.2 Å². The van der Waals surface area contributed by atoms with Gasteiger partial charge < -0.3 is 14.6 Å². The molecule has 150 valence electrons. The standard InChI is InChI=1S/C22H27NO4S/c1-14(24)22-7-15(13-28-22)10-23-11-16-8-18(25)21(9-17(16)12-23)27-20-6-4-3-5-19(20)26-2/h3-7,13,16-18,21,25H,8-12H2,1-2H3/t16-,17+,18+,21+/m0/s1. The highest BCUT2D eigenvalue weighted by Crippen LogP contribution is 2.39. The topological polar surface area (TPSA) is 59.0 Å². The quantitative estimate of drug-likeness (QED) is 0.750. The summed E-state index contributed by atoms with van der Waals surface area (Å²) in [6.45, 7) is 4.48. The molecule has 1 N–H and O–H groups in total. The Labute approximate surface area is 169 Å². The molecule has 0 radical (unpaired) electrons. The molecule has 1 saturated carbocycles. The Morgan fingerprint density at radius 3 is 2.61 bits per heavy atom. The molecule has 1 aromatic heterocycles.